The van der Waals surface area contributed by atoms with Gasteiger partial charge in [-0.05, 0) is 17.7 Å². The zero-order valence-electron chi connectivity index (χ0n) is 8.85. The van der Waals surface area contributed by atoms with E-state index in [4.69, 9.17) is 16.9 Å². The van der Waals surface area contributed by atoms with Gasteiger partial charge in [0, 0.05) is 11.6 Å². The van der Waals surface area contributed by atoms with Gasteiger partial charge in [0.05, 0.1) is 18.2 Å². The minimum Gasteiger partial charge on any atom is -0.343 e. The SMILES string of the molecule is N#Cc1ccc(CNCc2ncon2)c(Cl)c1. The van der Waals surface area contributed by atoms with Crippen LogP contribution in [0.1, 0.15) is 17.0 Å². The molecule has 0 fully saturated rings. The number of nitrogens with one attached hydrogen (secondary N) is 1. The van der Waals surface area contributed by atoms with Crippen molar-refractivity contribution in [2.45, 2.75) is 13.1 Å². The van der Waals surface area contributed by atoms with Crippen LogP contribution in [0.25, 0.3) is 0 Å². The molecule has 0 saturated heterocycles. The van der Waals surface area contributed by atoms with Crippen LogP contribution in [-0.2, 0) is 13.1 Å². The quantitative estimate of drug-likeness (QED) is 0.894. The maximum atomic E-state index is 8.70. The second kappa shape index (κ2) is 5.43. The molecule has 0 aliphatic carbocycles. The minimum absolute atomic E-state index is 0.507. The number of rotatable bonds is 4. The number of hydrogen-bond donors (Lipinski definition) is 1. The van der Waals surface area contributed by atoms with Gasteiger partial charge in [-0.25, -0.2) is 0 Å². The molecule has 1 aromatic heterocycles. The van der Waals surface area contributed by atoms with E-state index in [-0.39, 0.29) is 0 Å². The van der Waals surface area contributed by atoms with Crippen LogP contribution >= 0.6 is 11.6 Å². The van der Waals surface area contributed by atoms with Crippen LogP contribution in [0.4, 0.5) is 0 Å². The molecule has 1 N–H and O–H groups in total. The summed E-state index contributed by atoms with van der Waals surface area (Å²) in [5.41, 5.74) is 1.48. The lowest BCUT2D eigenvalue weighted by Crippen LogP contribution is -2.14. The second-order valence-electron chi connectivity index (χ2n) is 3.37. The first-order chi connectivity index (χ1) is 8.29. The van der Waals surface area contributed by atoms with Crippen LogP contribution in [-0.4, -0.2) is 10.1 Å². The fourth-order valence-electron chi connectivity index (χ4n) is 1.34. The van der Waals surface area contributed by atoms with Crippen molar-refractivity contribution in [2.24, 2.45) is 0 Å². The smallest absolute Gasteiger partial charge is 0.213 e. The average molecular weight is 249 g/mol. The molecule has 0 saturated carbocycles. The highest BCUT2D eigenvalue weighted by atomic mass is 35.5. The normalized spacial score (nSPS) is 10.1. The summed E-state index contributed by atoms with van der Waals surface area (Å²) in [7, 11) is 0. The molecular formula is C11H9ClN4O. The number of aromatic nitrogens is 2. The van der Waals surface area contributed by atoms with Gasteiger partial charge in [0.15, 0.2) is 5.82 Å². The third-order valence-electron chi connectivity index (χ3n) is 2.19. The fraction of sp³-hybridized carbons (Fsp3) is 0.182. The number of halogens is 1. The van der Waals surface area contributed by atoms with E-state index in [9.17, 15) is 0 Å². The monoisotopic (exact) mass is 248 g/mol. The van der Waals surface area contributed by atoms with E-state index in [1.165, 1.54) is 6.39 Å². The third-order valence-corrected chi connectivity index (χ3v) is 2.54. The lowest BCUT2D eigenvalue weighted by Gasteiger charge is -2.04. The molecular weight excluding hydrogens is 240 g/mol. The molecule has 0 amide bonds. The Hall–Kier alpha value is -1.90. The lowest BCUT2D eigenvalue weighted by atomic mass is 10.1. The number of nitriles is 1. The first-order valence-corrected chi connectivity index (χ1v) is 5.32. The van der Waals surface area contributed by atoms with Gasteiger partial charge in [0.1, 0.15) is 0 Å². The van der Waals surface area contributed by atoms with Crippen molar-refractivity contribution < 1.29 is 4.52 Å². The van der Waals surface area contributed by atoms with E-state index in [1.54, 1.807) is 12.1 Å². The van der Waals surface area contributed by atoms with Crippen molar-refractivity contribution >= 4 is 11.6 Å². The molecule has 0 aliphatic heterocycles. The number of benzene rings is 1. The molecule has 6 heteroatoms. The average Bonchev–Trinajstić information content (AvgIpc) is 2.84. The molecule has 0 unspecified atom stereocenters. The standard InChI is InChI=1S/C11H9ClN4O/c12-10-3-8(4-13)1-2-9(10)5-14-6-11-15-7-17-16-11/h1-3,7,14H,5-6H2. The summed E-state index contributed by atoms with van der Waals surface area (Å²) in [6.45, 7) is 1.09. The summed E-state index contributed by atoms with van der Waals surface area (Å²) in [4.78, 5) is 3.88. The van der Waals surface area contributed by atoms with E-state index < -0.39 is 0 Å². The molecule has 5 nitrogen and oxygen atoms in total. The molecule has 17 heavy (non-hydrogen) atoms. The molecule has 2 rings (SSSR count). The highest BCUT2D eigenvalue weighted by molar-refractivity contribution is 6.31. The van der Waals surface area contributed by atoms with Gasteiger partial charge in [-0.3, -0.25) is 0 Å². The van der Waals surface area contributed by atoms with Gasteiger partial charge < -0.3 is 9.84 Å². The van der Waals surface area contributed by atoms with Gasteiger partial charge >= 0.3 is 0 Å². The molecule has 0 bridgehead atoms. The maximum Gasteiger partial charge on any atom is 0.213 e. The summed E-state index contributed by atoms with van der Waals surface area (Å²) in [5.74, 6) is 0.592. The van der Waals surface area contributed by atoms with Crippen LogP contribution in [0.3, 0.4) is 0 Å². The Morgan fingerprint density at radius 1 is 1.41 bits per heavy atom. The van der Waals surface area contributed by atoms with Crippen molar-refractivity contribution in [3.63, 3.8) is 0 Å². The third kappa shape index (κ3) is 3.03. The molecule has 1 aromatic carbocycles. The zero-order valence-corrected chi connectivity index (χ0v) is 9.61. The largest absolute Gasteiger partial charge is 0.343 e. The summed E-state index contributed by atoms with van der Waals surface area (Å²) in [5, 5.41) is 16.1. The van der Waals surface area contributed by atoms with Gasteiger partial charge in [0.25, 0.3) is 0 Å². The van der Waals surface area contributed by atoms with Crippen molar-refractivity contribution in [3.8, 4) is 6.07 Å². The van der Waals surface area contributed by atoms with Crippen LogP contribution < -0.4 is 5.32 Å². The van der Waals surface area contributed by atoms with Crippen molar-refractivity contribution in [2.75, 3.05) is 0 Å². The summed E-state index contributed by atoms with van der Waals surface area (Å²) < 4.78 is 4.61. The molecule has 0 spiro atoms. The van der Waals surface area contributed by atoms with Gasteiger partial charge in [-0.15, -0.1) is 0 Å². The fourth-order valence-corrected chi connectivity index (χ4v) is 1.59. The van der Waals surface area contributed by atoms with Gasteiger partial charge in [-0.2, -0.15) is 10.2 Å². The Bertz CT molecular complexity index is 533. The lowest BCUT2D eigenvalue weighted by molar-refractivity contribution is 0.407. The van der Waals surface area contributed by atoms with E-state index in [1.807, 2.05) is 12.1 Å². The zero-order chi connectivity index (χ0) is 12.1. The highest BCUT2D eigenvalue weighted by Crippen LogP contribution is 2.17. The van der Waals surface area contributed by atoms with E-state index >= 15 is 0 Å². The number of nitrogens with zero attached hydrogens (tertiary/aromatic N) is 3. The van der Waals surface area contributed by atoms with E-state index in [2.05, 4.69) is 20.0 Å². The summed E-state index contributed by atoms with van der Waals surface area (Å²) in [6, 6.07) is 7.24. The Labute approximate surface area is 103 Å². The highest BCUT2D eigenvalue weighted by Gasteiger charge is 2.03. The summed E-state index contributed by atoms with van der Waals surface area (Å²) >= 11 is 6.03. The van der Waals surface area contributed by atoms with Crippen molar-refractivity contribution in [3.05, 3.63) is 46.6 Å². The Balaban J connectivity index is 1.93. The van der Waals surface area contributed by atoms with Gasteiger partial charge in [0.2, 0.25) is 6.39 Å². The maximum absolute atomic E-state index is 8.70. The predicted molar refractivity (Wildman–Crippen MR) is 61.0 cm³/mol. The molecule has 86 valence electrons. The first-order valence-electron chi connectivity index (χ1n) is 4.94. The minimum atomic E-state index is 0.507. The molecule has 2 aromatic rings. The van der Waals surface area contributed by atoms with E-state index in [0.717, 1.165) is 5.56 Å². The molecule has 0 radical (unpaired) electrons. The topological polar surface area (TPSA) is 74.7 Å². The van der Waals surface area contributed by atoms with Crippen molar-refractivity contribution in [1.82, 2.24) is 15.5 Å². The molecule has 0 aliphatic rings. The number of hydrogen-bond acceptors (Lipinski definition) is 5. The molecule has 1 heterocycles. The Kier molecular flexibility index (Phi) is 3.70. The van der Waals surface area contributed by atoms with Crippen LogP contribution in [0.15, 0.2) is 29.1 Å². The summed E-state index contributed by atoms with van der Waals surface area (Å²) in [6.07, 6.45) is 1.28. The Morgan fingerprint density at radius 2 is 2.29 bits per heavy atom. The van der Waals surface area contributed by atoms with Gasteiger partial charge in [-0.1, -0.05) is 22.8 Å². The van der Waals surface area contributed by atoms with Crippen molar-refractivity contribution in [1.29, 1.82) is 5.26 Å². The van der Waals surface area contributed by atoms with Crippen LogP contribution in [0, 0.1) is 11.3 Å². The predicted octanol–water partition coefficient (Wildman–Crippen LogP) is 1.88. The van der Waals surface area contributed by atoms with E-state index in [0.29, 0.717) is 29.5 Å². The van der Waals surface area contributed by atoms with Crippen LogP contribution in [0.2, 0.25) is 5.02 Å². The molecule has 0 atom stereocenters. The second-order valence-corrected chi connectivity index (χ2v) is 3.78. The Morgan fingerprint density at radius 3 is 2.94 bits per heavy atom. The van der Waals surface area contributed by atoms with Crippen LogP contribution in [0.5, 0.6) is 0 Å². The first kappa shape index (κ1) is 11.6.